The summed E-state index contributed by atoms with van der Waals surface area (Å²) in [4.78, 5) is 21.0. The number of hydrogen-bond acceptors (Lipinski definition) is 4. The fourth-order valence-electron chi connectivity index (χ4n) is 1.19. The third-order valence-corrected chi connectivity index (χ3v) is 2.23. The molecule has 0 saturated heterocycles. The van der Waals surface area contributed by atoms with Crippen LogP contribution in [0, 0.1) is 10.1 Å². The van der Waals surface area contributed by atoms with Gasteiger partial charge in [0.15, 0.2) is 18.1 Å². The second kappa shape index (κ2) is 5.87. The minimum Gasteiger partial charge on any atom is -0.477 e. The van der Waals surface area contributed by atoms with Gasteiger partial charge in [0, 0.05) is 11.6 Å². The van der Waals surface area contributed by atoms with Crippen molar-refractivity contribution in [3.8, 4) is 5.75 Å². The van der Waals surface area contributed by atoms with E-state index in [1.165, 1.54) is 0 Å². The maximum absolute atomic E-state index is 12.0. The number of hydrogen-bond donors (Lipinski definition) is 0. The van der Waals surface area contributed by atoms with E-state index in [1.54, 1.807) is 0 Å². The first-order valence-corrected chi connectivity index (χ1v) is 5.35. The van der Waals surface area contributed by atoms with Gasteiger partial charge in [0.2, 0.25) is 0 Å². The Hall–Kier alpha value is -1.83. The van der Waals surface area contributed by atoms with E-state index in [9.17, 15) is 28.1 Å². The zero-order valence-electron chi connectivity index (χ0n) is 9.24. The quantitative estimate of drug-likeness (QED) is 0.362. The largest absolute Gasteiger partial charge is 0.477 e. The molecule has 0 heterocycles. The Morgan fingerprint density at radius 3 is 2.53 bits per heavy atom. The van der Waals surface area contributed by atoms with Crippen molar-refractivity contribution in [2.75, 3.05) is 12.5 Å². The first-order chi connectivity index (χ1) is 8.74. The maximum Gasteiger partial charge on any atom is 0.422 e. The number of nitrogens with zero attached hydrogens (tertiary/aromatic N) is 1. The molecule has 0 unspecified atom stereocenters. The second-order valence-electron chi connectivity index (χ2n) is 3.40. The highest BCUT2D eigenvalue weighted by Gasteiger charge is 2.30. The smallest absolute Gasteiger partial charge is 0.422 e. The van der Waals surface area contributed by atoms with Crippen LogP contribution < -0.4 is 4.74 Å². The average Bonchev–Trinajstić information content (AvgIpc) is 2.34. The van der Waals surface area contributed by atoms with Crippen molar-refractivity contribution in [3.05, 3.63) is 33.9 Å². The van der Waals surface area contributed by atoms with Crippen molar-refractivity contribution in [2.45, 2.75) is 6.18 Å². The topological polar surface area (TPSA) is 69.4 Å². The highest BCUT2D eigenvalue weighted by Crippen LogP contribution is 2.29. The Bertz CT molecular complexity index is 504. The Kier molecular flexibility index (Phi) is 4.71. The zero-order chi connectivity index (χ0) is 14.6. The molecule has 0 amide bonds. The molecule has 0 aliphatic rings. The predicted molar refractivity (Wildman–Crippen MR) is 59.7 cm³/mol. The molecule has 0 spiro atoms. The van der Waals surface area contributed by atoms with Gasteiger partial charge in [0.1, 0.15) is 0 Å². The minimum atomic E-state index is -4.61. The summed E-state index contributed by atoms with van der Waals surface area (Å²) >= 11 is 5.28. The standard InChI is InChI=1S/C10H7ClF3NO4/c11-4-8(16)6-1-2-9(7(3-6)15(17)18)19-5-10(12,13)14/h1-3H,4-5H2. The van der Waals surface area contributed by atoms with Crippen LogP contribution in [-0.2, 0) is 0 Å². The van der Waals surface area contributed by atoms with Crippen LogP contribution in [0.15, 0.2) is 18.2 Å². The molecule has 0 saturated carbocycles. The molecule has 1 aromatic rings. The van der Waals surface area contributed by atoms with Crippen LogP contribution in [0.25, 0.3) is 0 Å². The van der Waals surface area contributed by atoms with Crippen LogP contribution >= 0.6 is 11.6 Å². The van der Waals surface area contributed by atoms with Crippen molar-refractivity contribution in [3.63, 3.8) is 0 Å². The molecule has 9 heteroatoms. The molecule has 1 aromatic carbocycles. The van der Waals surface area contributed by atoms with Gasteiger partial charge in [-0.1, -0.05) is 0 Å². The number of halogens is 4. The SMILES string of the molecule is O=C(CCl)c1ccc(OCC(F)(F)F)c([N+](=O)[O-])c1. The second-order valence-corrected chi connectivity index (χ2v) is 3.67. The Labute approximate surface area is 110 Å². The number of carbonyl (C=O) groups is 1. The van der Waals surface area contributed by atoms with Gasteiger partial charge >= 0.3 is 11.9 Å². The van der Waals surface area contributed by atoms with E-state index in [4.69, 9.17) is 11.6 Å². The van der Waals surface area contributed by atoms with E-state index in [1.807, 2.05) is 0 Å². The number of nitro groups is 1. The molecular weight excluding hydrogens is 291 g/mol. The zero-order valence-corrected chi connectivity index (χ0v) is 9.99. The summed E-state index contributed by atoms with van der Waals surface area (Å²) in [5.41, 5.74) is -0.790. The molecule has 0 radical (unpaired) electrons. The number of ketones is 1. The van der Waals surface area contributed by atoms with Crippen molar-refractivity contribution >= 4 is 23.1 Å². The van der Waals surface area contributed by atoms with Gasteiger partial charge in [-0.2, -0.15) is 13.2 Å². The lowest BCUT2D eigenvalue weighted by atomic mass is 10.1. The van der Waals surface area contributed by atoms with Crippen molar-refractivity contribution in [1.29, 1.82) is 0 Å². The van der Waals surface area contributed by atoms with Crippen molar-refractivity contribution in [2.24, 2.45) is 0 Å². The van der Waals surface area contributed by atoms with Gasteiger partial charge in [0.05, 0.1) is 10.8 Å². The summed E-state index contributed by atoms with van der Waals surface area (Å²) in [6.07, 6.45) is -4.61. The molecule has 0 aromatic heterocycles. The fraction of sp³-hybridized carbons (Fsp3) is 0.300. The van der Waals surface area contributed by atoms with Gasteiger partial charge in [-0.05, 0) is 12.1 Å². The van der Waals surface area contributed by atoms with E-state index < -0.39 is 34.9 Å². The maximum atomic E-state index is 12.0. The molecule has 0 N–H and O–H groups in total. The van der Waals surface area contributed by atoms with E-state index in [0.29, 0.717) is 0 Å². The molecule has 0 aliphatic heterocycles. The first-order valence-electron chi connectivity index (χ1n) is 4.82. The van der Waals surface area contributed by atoms with Crippen LogP contribution in [0.4, 0.5) is 18.9 Å². The van der Waals surface area contributed by atoms with E-state index in [2.05, 4.69) is 4.74 Å². The van der Waals surface area contributed by atoms with E-state index >= 15 is 0 Å². The van der Waals surface area contributed by atoms with Gasteiger partial charge in [0.25, 0.3) is 0 Å². The van der Waals surface area contributed by atoms with Crippen molar-refractivity contribution < 1.29 is 27.6 Å². The van der Waals surface area contributed by atoms with Crippen LogP contribution in [0.1, 0.15) is 10.4 Å². The third-order valence-electron chi connectivity index (χ3n) is 1.99. The number of alkyl halides is 4. The number of carbonyl (C=O) groups excluding carboxylic acids is 1. The summed E-state index contributed by atoms with van der Waals surface area (Å²) in [7, 11) is 0. The monoisotopic (exact) mass is 297 g/mol. The summed E-state index contributed by atoms with van der Waals surface area (Å²) in [5.74, 6) is -1.53. The fourth-order valence-corrected chi connectivity index (χ4v) is 1.35. The van der Waals surface area contributed by atoms with E-state index in [-0.39, 0.29) is 11.4 Å². The molecular formula is C10H7ClF3NO4. The first kappa shape index (κ1) is 15.2. The molecule has 0 atom stereocenters. The lowest BCUT2D eigenvalue weighted by Gasteiger charge is -2.09. The van der Waals surface area contributed by atoms with Crippen LogP contribution in [0.2, 0.25) is 0 Å². The summed E-state index contributed by atoms with van der Waals surface area (Å²) < 4.78 is 40.2. The predicted octanol–water partition coefficient (Wildman–Crippen LogP) is 2.96. The van der Waals surface area contributed by atoms with Crippen LogP contribution in [-0.4, -0.2) is 29.4 Å². The molecule has 0 aliphatic carbocycles. The molecule has 104 valence electrons. The molecule has 19 heavy (non-hydrogen) atoms. The number of Topliss-reactive ketones (excluding diaryl/α,β-unsaturated/α-hetero) is 1. The molecule has 5 nitrogen and oxygen atoms in total. The van der Waals surface area contributed by atoms with Crippen LogP contribution in [0.5, 0.6) is 5.75 Å². The van der Waals surface area contributed by atoms with Gasteiger partial charge in [-0.15, -0.1) is 11.6 Å². The molecule has 0 fully saturated rings. The van der Waals surface area contributed by atoms with Gasteiger partial charge < -0.3 is 4.74 Å². The third kappa shape index (κ3) is 4.40. The number of benzene rings is 1. The van der Waals surface area contributed by atoms with E-state index in [0.717, 1.165) is 18.2 Å². The Morgan fingerprint density at radius 1 is 1.42 bits per heavy atom. The van der Waals surface area contributed by atoms with Gasteiger partial charge in [-0.25, -0.2) is 0 Å². The highest BCUT2D eigenvalue weighted by molar-refractivity contribution is 6.30. The highest BCUT2D eigenvalue weighted by atomic mass is 35.5. The van der Waals surface area contributed by atoms with Gasteiger partial charge in [-0.3, -0.25) is 14.9 Å². The van der Waals surface area contributed by atoms with Crippen LogP contribution in [0.3, 0.4) is 0 Å². The summed E-state index contributed by atoms with van der Waals surface area (Å²) in [6.45, 7) is -1.66. The summed E-state index contributed by atoms with van der Waals surface area (Å²) in [5, 5.41) is 10.7. The minimum absolute atomic E-state index is 0.0685. The lowest BCUT2D eigenvalue weighted by Crippen LogP contribution is -2.19. The molecule has 1 rings (SSSR count). The van der Waals surface area contributed by atoms with Crippen molar-refractivity contribution in [1.82, 2.24) is 0 Å². The lowest BCUT2D eigenvalue weighted by molar-refractivity contribution is -0.386. The Morgan fingerprint density at radius 2 is 2.05 bits per heavy atom. The average molecular weight is 298 g/mol. The number of ether oxygens (including phenoxy) is 1. The number of rotatable bonds is 5. The number of nitro benzene ring substituents is 1. The molecule has 0 bridgehead atoms. The summed E-state index contributed by atoms with van der Waals surface area (Å²) in [6, 6.07) is 2.88. The Balaban J connectivity index is 3.05. The normalized spacial score (nSPS) is 11.2.